The lowest BCUT2D eigenvalue weighted by Crippen LogP contribution is -2.23. The Balaban J connectivity index is 4.69. The quantitative estimate of drug-likeness (QED) is 0.369. The Labute approximate surface area is 135 Å². The average Bonchev–Trinajstić information content (AvgIpc) is 2.27. The highest BCUT2D eigenvalue weighted by Gasteiger charge is 2.30. The van der Waals surface area contributed by atoms with Crippen LogP contribution in [0.25, 0.3) is 0 Å². The van der Waals surface area contributed by atoms with Crippen molar-refractivity contribution in [2.45, 2.75) is 50.0 Å². The molecule has 112 valence electrons. The number of rotatable bonds is 9. The van der Waals surface area contributed by atoms with Gasteiger partial charge in [-0.2, -0.15) is 5.26 Å². The van der Waals surface area contributed by atoms with Gasteiger partial charge in [-0.3, -0.25) is 5.09 Å². The maximum absolute atomic E-state index is 9.15. The molecule has 0 aliphatic heterocycles. The van der Waals surface area contributed by atoms with Crippen molar-refractivity contribution >= 4 is 52.2 Å². The minimum absolute atomic E-state index is 0.145. The summed E-state index contributed by atoms with van der Waals surface area (Å²) in [5, 5.41) is 12.5. The number of alkyl halides is 1. The molecule has 2 unspecified atom stereocenters. The fourth-order valence-corrected chi connectivity index (χ4v) is 11.3. The summed E-state index contributed by atoms with van der Waals surface area (Å²) in [5.74, 6) is 0.300. The van der Waals surface area contributed by atoms with Crippen LogP contribution in [-0.2, 0) is 16.3 Å². The monoisotopic (exact) mass is 360 g/mol. The molecule has 0 spiro atoms. The van der Waals surface area contributed by atoms with Crippen molar-refractivity contribution < 1.29 is 4.52 Å². The smallest absolute Gasteiger partial charge is 0.187 e. The molecule has 1 N–H and O–H groups in total. The first-order chi connectivity index (χ1) is 8.70. The van der Waals surface area contributed by atoms with Crippen molar-refractivity contribution in [1.29, 1.82) is 5.26 Å². The number of thioether (sulfide) groups is 1. The summed E-state index contributed by atoms with van der Waals surface area (Å²) in [4.78, 5) is 0. The molecule has 3 atom stereocenters. The predicted molar refractivity (Wildman–Crippen MR) is 93.6 cm³/mol. The number of nitrogens with one attached hydrogen (secondary N) is 1. The lowest BCUT2D eigenvalue weighted by molar-refractivity contribution is 0.376. The minimum atomic E-state index is -2.11. The van der Waals surface area contributed by atoms with Gasteiger partial charge in [0.1, 0.15) is 4.75 Å². The number of nitriles is 1. The molecule has 0 amide bonds. The highest BCUT2D eigenvalue weighted by molar-refractivity contribution is 8.70. The van der Waals surface area contributed by atoms with Crippen molar-refractivity contribution in [2.24, 2.45) is 0 Å². The van der Waals surface area contributed by atoms with Crippen LogP contribution >= 0.6 is 40.4 Å². The maximum Gasteiger partial charge on any atom is 0.187 e. The molecule has 0 aromatic carbocycles. The molecule has 3 nitrogen and oxygen atoms in total. The average molecular weight is 361 g/mol. The van der Waals surface area contributed by atoms with Gasteiger partial charge in [0.15, 0.2) is 5.62 Å². The van der Waals surface area contributed by atoms with Crippen LogP contribution in [0.4, 0.5) is 0 Å². The normalized spacial score (nSPS) is 19.5. The third kappa shape index (κ3) is 8.16. The summed E-state index contributed by atoms with van der Waals surface area (Å²) >= 11 is 14.6. The van der Waals surface area contributed by atoms with Gasteiger partial charge in [-0.05, 0) is 46.4 Å². The van der Waals surface area contributed by atoms with Crippen molar-refractivity contribution in [2.75, 3.05) is 12.5 Å². The van der Waals surface area contributed by atoms with Crippen LogP contribution in [0.1, 0.15) is 34.6 Å². The molecule has 0 heterocycles. The van der Waals surface area contributed by atoms with Gasteiger partial charge in [-0.1, -0.05) is 11.4 Å². The van der Waals surface area contributed by atoms with Crippen molar-refractivity contribution in [3.63, 3.8) is 0 Å². The van der Waals surface area contributed by atoms with Gasteiger partial charge in [0.05, 0.1) is 23.1 Å². The van der Waals surface area contributed by atoms with Crippen molar-refractivity contribution in [1.82, 2.24) is 5.09 Å². The summed E-state index contributed by atoms with van der Waals surface area (Å²) < 4.78 is 5.30. The molecule has 0 rings (SSSR count). The summed E-state index contributed by atoms with van der Waals surface area (Å²) in [6.07, 6.45) is 0. The molecule has 0 saturated heterocycles. The highest BCUT2D eigenvalue weighted by atomic mass is 35.5. The zero-order valence-corrected chi connectivity index (χ0v) is 16.1. The number of hydrogen-bond donors (Lipinski definition) is 1. The Morgan fingerprint density at radius 2 is 2.11 bits per heavy atom. The number of halogens is 1. The Bertz CT molecular complexity index is 364. The van der Waals surface area contributed by atoms with Crippen LogP contribution in [-0.4, -0.2) is 27.9 Å². The second-order valence-corrected chi connectivity index (χ2v) is 13.7. The molecule has 0 aliphatic carbocycles. The SMILES string of the molecule is CCOP(=S)(NC(C)C)SC(C)S[C@@](C)(C#N)CCl. The second-order valence-electron chi connectivity index (χ2n) is 4.47. The molecule has 0 aliphatic rings. The van der Waals surface area contributed by atoms with Crippen molar-refractivity contribution in [3.8, 4) is 6.07 Å². The fraction of sp³-hybridized carbons (Fsp3) is 0.909. The van der Waals surface area contributed by atoms with E-state index in [1.54, 1.807) is 11.4 Å². The topological polar surface area (TPSA) is 45.0 Å². The molecule has 0 fully saturated rings. The Hall–Kier alpha value is 1.05. The van der Waals surface area contributed by atoms with Gasteiger partial charge < -0.3 is 4.52 Å². The molecular formula is C11H22ClN2OPS3. The summed E-state index contributed by atoms with van der Waals surface area (Å²) in [6.45, 7) is 10.5. The van der Waals surface area contributed by atoms with Crippen LogP contribution in [0.15, 0.2) is 0 Å². The largest absolute Gasteiger partial charge is 0.331 e. The Morgan fingerprint density at radius 1 is 1.53 bits per heavy atom. The fourth-order valence-electron chi connectivity index (χ4n) is 1.26. The molecule has 0 aromatic rings. The van der Waals surface area contributed by atoms with Crippen LogP contribution in [0.2, 0.25) is 0 Å². The molecular weight excluding hydrogens is 339 g/mol. The van der Waals surface area contributed by atoms with E-state index in [-0.39, 0.29) is 10.6 Å². The van der Waals surface area contributed by atoms with Gasteiger partial charge in [-0.25, -0.2) is 0 Å². The highest BCUT2D eigenvalue weighted by Crippen LogP contribution is 2.61. The van der Waals surface area contributed by atoms with E-state index in [1.165, 1.54) is 11.8 Å². The van der Waals surface area contributed by atoms with E-state index in [9.17, 15) is 0 Å². The van der Waals surface area contributed by atoms with Crippen LogP contribution in [0, 0.1) is 11.3 Å². The first-order valence-electron chi connectivity index (χ1n) is 6.06. The van der Waals surface area contributed by atoms with Crippen LogP contribution in [0.5, 0.6) is 0 Å². The third-order valence-electron chi connectivity index (χ3n) is 1.92. The lowest BCUT2D eigenvalue weighted by Gasteiger charge is -2.29. The van der Waals surface area contributed by atoms with E-state index in [0.29, 0.717) is 12.5 Å². The predicted octanol–water partition coefficient (Wildman–Crippen LogP) is 4.58. The molecule has 0 saturated carbocycles. The van der Waals surface area contributed by atoms with Crippen LogP contribution in [0.3, 0.4) is 0 Å². The molecule has 19 heavy (non-hydrogen) atoms. The minimum Gasteiger partial charge on any atom is -0.331 e. The number of nitrogens with zero attached hydrogens (tertiary/aromatic N) is 1. The standard InChI is InChI=1S/C11H22ClN2OPS3/c1-6-15-16(17,14-9(2)3)19-10(4)18-11(5,7-12)8-13/h9-10H,6-7H2,1-5H3,(H,14,17)/t10?,11-,16?/m1/s1. The maximum atomic E-state index is 9.15. The van der Waals surface area contributed by atoms with E-state index in [0.717, 1.165) is 0 Å². The Morgan fingerprint density at radius 3 is 2.47 bits per heavy atom. The molecule has 0 radical (unpaired) electrons. The van der Waals surface area contributed by atoms with Gasteiger partial charge in [-0.15, -0.1) is 23.4 Å². The van der Waals surface area contributed by atoms with Gasteiger partial charge in [0.2, 0.25) is 0 Å². The third-order valence-corrected chi connectivity index (χ3v) is 10.5. The molecule has 0 bridgehead atoms. The van der Waals surface area contributed by atoms with Crippen molar-refractivity contribution in [3.05, 3.63) is 0 Å². The van der Waals surface area contributed by atoms with E-state index in [4.69, 9.17) is 33.2 Å². The van der Waals surface area contributed by atoms with Gasteiger partial charge >= 0.3 is 0 Å². The van der Waals surface area contributed by atoms with E-state index < -0.39 is 10.4 Å². The van der Waals surface area contributed by atoms with Gasteiger partial charge in [0, 0.05) is 6.04 Å². The van der Waals surface area contributed by atoms with Crippen LogP contribution < -0.4 is 5.09 Å². The first-order valence-corrected chi connectivity index (χ1v) is 11.7. The Kier molecular flexibility index (Phi) is 9.65. The molecule has 8 heteroatoms. The first kappa shape index (κ1) is 20.1. The lowest BCUT2D eigenvalue weighted by atomic mass is 10.2. The zero-order chi connectivity index (χ0) is 15.1. The van der Waals surface area contributed by atoms with Gasteiger partial charge in [0.25, 0.3) is 0 Å². The summed E-state index contributed by atoms with van der Waals surface area (Å²) in [5.41, 5.74) is -2.11. The molecule has 0 aromatic heterocycles. The van der Waals surface area contributed by atoms with E-state index in [1.807, 2.05) is 20.8 Å². The second kappa shape index (κ2) is 9.15. The summed E-state index contributed by atoms with van der Waals surface area (Å²) in [6, 6.07) is 2.53. The van der Waals surface area contributed by atoms with E-state index >= 15 is 0 Å². The summed E-state index contributed by atoms with van der Waals surface area (Å²) in [7, 11) is 0. The zero-order valence-electron chi connectivity index (χ0n) is 12.0. The number of hydrogen-bond acceptors (Lipinski definition) is 5. The van der Waals surface area contributed by atoms with E-state index in [2.05, 4.69) is 25.0 Å².